The molecule has 3 N–H and O–H groups in total. The van der Waals surface area contributed by atoms with E-state index in [0.29, 0.717) is 57.7 Å². The Morgan fingerprint density at radius 3 is 2.26 bits per heavy atom. The van der Waals surface area contributed by atoms with Crippen LogP contribution in [0.5, 0.6) is 0 Å². The molecule has 0 aromatic heterocycles. The first-order chi connectivity index (χ1) is 18.4. The molecular weight excluding hydrogens is 496 g/mol. The molecule has 2 rings (SSSR count). The molecule has 1 heterocycles. The molecule has 0 spiro atoms. The Bertz CT molecular complexity index is 993. The molecule has 1 aliphatic heterocycles. The SMILES string of the molecule is O=C/C=C\C(=O)NCCC(=O)NCCOCCOCCC(=O)Nc1ccc(CCC(=O)N2CCC2=O)cc1. The fourth-order valence-electron chi connectivity index (χ4n) is 3.27. The van der Waals surface area contributed by atoms with Gasteiger partial charge in [0.15, 0.2) is 0 Å². The number of ether oxygens (including phenoxy) is 2. The van der Waals surface area contributed by atoms with Crippen LogP contribution < -0.4 is 16.0 Å². The number of nitrogens with one attached hydrogen (secondary N) is 3. The van der Waals surface area contributed by atoms with Crippen molar-refractivity contribution in [2.75, 3.05) is 51.4 Å². The van der Waals surface area contributed by atoms with Gasteiger partial charge in [-0.1, -0.05) is 12.1 Å². The summed E-state index contributed by atoms with van der Waals surface area (Å²) in [5.41, 5.74) is 1.59. The summed E-state index contributed by atoms with van der Waals surface area (Å²) >= 11 is 0. The topological polar surface area (TPSA) is 160 Å². The van der Waals surface area contributed by atoms with Crippen LogP contribution in [0.25, 0.3) is 0 Å². The van der Waals surface area contributed by atoms with Gasteiger partial charge in [0.25, 0.3) is 0 Å². The Kier molecular flexibility index (Phi) is 14.0. The van der Waals surface area contributed by atoms with Gasteiger partial charge in [-0.05, 0) is 30.2 Å². The fraction of sp³-hybridized carbons (Fsp3) is 0.462. The van der Waals surface area contributed by atoms with Gasteiger partial charge in [-0.25, -0.2) is 0 Å². The van der Waals surface area contributed by atoms with E-state index in [4.69, 9.17) is 9.47 Å². The van der Waals surface area contributed by atoms with E-state index in [-0.39, 0.29) is 56.0 Å². The summed E-state index contributed by atoms with van der Waals surface area (Å²) in [6.45, 7) is 2.12. The average molecular weight is 531 g/mol. The molecule has 38 heavy (non-hydrogen) atoms. The van der Waals surface area contributed by atoms with Crippen molar-refractivity contribution in [2.24, 2.45) is 0 Å². The van der Waals surface area contributed by atoms with Gasteiger partial charge < -0.3 is 25.4 Å². The minimum Gasteiger partial charge on any atom is -0.379 e. The second-order valence-electron chi connectivity index (χ2n) is 8.30. The van der Waals surface area contributed by atoms with Gasteiger partial charge in [0, 0.05) is 50.7 Å². The molecule has 0 aliphatic carbocycles. The number of carbonyl (C=O) groups is 6. The first-order valence-corrected chi connectivity index (χ1v) is 12.4. The molecular formula is C26H34N4O8. The predicted octanol–water partition coefficient (Wildman–Crippen LogP) is 0.118. The lowest BCUT2D eigenvalue weighted by atomic mass is 10.1. The Morgan fingerprint density at radius 2 is 1.61 bits per heavy atom. The number of hydrogen-bond donors (Lipinski definition) is 3. The van der Waals surface area contributed by atoms with Crippen LogP contribution in [0.1, 0.15) is 31.2 Å². The minimum absolute atomic E-state index is 0.110. The second-order valence-corrected chi connectivity index (χ2v) is 8.30. The van der Waals surface area contributed by atoms with Crippen molar-refractivity contribution in [1.82, 2.24) is 15.5 Å². The highest BCUT2D eigenvalue weighted by atomic mass is 16.5. The fourth-order valence-corrected chi connectivity index (χ4v) is 3.27. The van der Waals surface area contributed by atoms with E-state index in [1.165, 1.54) is 4.90 Å². The van der Waals surface area contributed by atoms with Crippen LogP contribution in [-0.4, -0.2) is 86.8 Å². The smallest absolute Gasteiger partial charge is 0.244 e. The van der Waals surface area contributed by atoms with Gasteiger partial charge in [-0.3, -0.25) is 33.7 Å². The number of amides is 5. The molecule has 1 saturated heterocycles. The van der Waals surface area contributed by atoms with E-state index in [0.717, 1.165) is 17.7 Å². The number of anilines is 1. The molecule has 0 radical (unpaired) electrons. The highest BCUT2D eigenvalue weighted by Gasteiger charge is 2.29. The number of rotatable bonds is 18. The van der Waals surface area contributed by atoms with Crippen molar-refractivity contribution in [1.29, 1.82) is 0 Å². The van der Waals surface area contributed by atoms with Crippen molar-refractivity contribution in [3.8, 4) is 0 Å². The molecule has 12 nitrogen and oxygen atoms in total. The van der Waals surface area contributed by atoms with Crippen molar-refractivity contribution in [3.63, 3.8) is 0 Å². The number of benzene rings is 1. The summed E-state index contributed by atoms with van der Waals surface area (Å²) in [4.78, 5) is 69.5. The molecule has 5 amide bonds. The van der Waals surface area contributed by atoms with Crippen LogP contribution >= 0.6 is 0 Å². The minimum atomic E-state index is -0.441. The van der Waals surface area contributed by atoms with Gasteiger partial charge in [0.1, 0.15) is 6.29 Å². The summed E-state index contributed by atoms with van der Waals surface area (Å²) in [5, 5.41) is 7.91. The van der Waals surface area contributed by atoms with Gasteiger partial charge >= 0.3 is 0 Å². The van der Waals surface area contributed by atoms with Gasteiger partial charge in [0.2, 0.25) is 29.5 Å². The van der Waals surface area contributed by atoms with E-state index in [2.05, 4.69) is 16.0 Å². The number of carbonyl (C=O) groups excluding carboxylic acids is 6. The third-order valence-corrected chi connectivity index (χ3v) is 5.41. The Morgan fingerprint density at radius 1 is 0.868 bits per heavy atom. The van der Waals surface area contributed by atoms with Crippen LogP contribution in [0.15, 0.2) is 36.4 Å². The van der Waals surface area contributed by atoms with Crippen LogP contribution in [0, 0.1) is 0 Å². The van der Waals surface area contributed by atoms with Gasteiger partial charge in [-0.2, -0.15) is 0 Å². The molecule has 206 valence electrons. The summed E-state index contributed by atoms with van der Waals surface area (Å²) in [6.07, 6.45) is 4.18. The zero-order chi connectivity index (χ0) is 27.6. The van der Waals surface area contributed by atoms with E-state index < -0.39 is 5.91 Å². The first kappa shape index (κ1) is 30.3. The van der Waals surface area contributed by atoms with Crippen molar-refractivity contribution >= 4 is 41.5 Å². The lowest BCUT2D eigenvalue weighted by molar-refractivity contribution is -0.152. The second kappa shape index (κ2) is 17.5. The number of aryl methyl sites for hydroxylation is 1. The van der Waals surface area contributed by atoms with Crippen LogP contribution in [0.3, 0.4) is 0 Å². The predicted molar refractivity (Wildman–Crippen MR) is 137 cm³/mol. The van der Waals surface area contributed by atoms with Gasteiger partial charge in [-0.15, -0.1) is 0 Å². The van der Waals surface area contributed by atoms with Crippen LogP contribution in [0.4, 0.5) is 5.69 Å². The Balaban J connectivity index is 1.43. The number of aldehydes is 1. The monoisotopic (exact) mass is 530 g/mol. The maximum atomic E-state index is 12.1. The molecule has 12 heteroatoms. The molecule has 1 aliphatic rings. The number of likely N-dealkylation sites (tertiary alicyclic amines) is 1. The molecule has 0 unspecified atom stereocenters. The molecule has 1 aromatic carbocycles. The quantitative estimate of drug-likeness (QED) is 0.104. The van der Waals surface area contributed by atoms with E-state index in [1.54, 1.807) is 12.1 Å². The largest absolute Gasteiger partial charge is 0.379 e. The highest BCUT2D eigenvalue weighted by molar-refractivity contribution is 5.99. The molecule has 1 fully saturated rings. The third-order valence-electron chi connectivity index (χ3n) is 5.41. The number of hydrogen-bond acceptors (Lipinski definition) is 8. The van der Waals surface area contributed by atoms with E-state index in [1.807, 2.05) is 12.1 Å². The summed E-state index contributed by atoms with van der Waals surface area (Å²) in [5.74, 6) is -1.14. The molecule has 0 atom stereocenters. The maximum Gasteiger partial charge on any atom is 0.244 e. The molecule has 0 saturated carbocycles. The summed E-state index contributed by atoms with van der Waals surface area (Å²) in [6, 6.07) is 7.21. The van der Waals surface area contributed by atoms with Crippen molar-refractivity contribution < 1.29 is 38.2 Å². The van der Waals surface area contributed by atoms with Gasteiger partial charge in [0.05, 0.1) is 32.8 Å². The summed E-state index contributed by atoms with van der Waals surface area (Å²) < 4.78 is 10.7. The normalized spacial score (nSPS) is 12.6. The van der Waals surface area contributed by atoms with Crippen LogP contribution in [-0.2, 0) is 44.7 Å². The number of imide groups is 1. The van der Waals surface area contributed by atoms with E-state index >= 15 is 0 Å². The van der Waals surface area contributed by atoms with Crippen molar-refractivity contribution in [2.45, 2.75) is 32.1 Å². The standard InChI is InChI=1S/C26H34N4O8/c31-15-1-2-22(32)27-12-9-23(33)28-13-17-38-19-18-37-16-11-24(34)29-21-6-3-20(4-7-21)5-8-25(35)30-14-10-26(30)36/h1-4,6-7,15H,5,8-14,16-19H2,(H,27,32)(H,28,33)(H,29,34)/b2-1-. The Labute approximate surface area is 221 Å². The van der Waals surface area contributed by atoms with Crippen LogP contribution in [0.2, 0.25) is 0 Å². The molecule has 1 aromatic rings. The first-order valence-electron chi connectivity index (χ1n) is 12.4. The van der Waals surface area contributed by atoms with Crippen molar-refractivity contribution in [3.05, 3.63) is 42.0 Å². The molecule has 0 bridgehead atoms. The maximum absolute atomic E-state index is 12.1. The summed E-state index contributed by atoms with van der Waals surface area (Å²) in [7, 11) is 0. The number of β-lactam (4-membered cyclic amide) rings is 1. The zero-order valence-electron chi connectivity index (χ0n) is 21.2. The lowest BCUT2D eigenvalue weighted by Crippen LogP contribution is -2.47. The highest BCUT2D eigenvalue weighted by Crippen LogP contribution is 2.14. The third kappa shape index (κ3) is 12.4. The Hall–Kier alpha value is -3.90. The number of allylic oxidation sites excluding steroid dienone is 1. The average Bonchev–Trinajstić information content (AvgIpc) is 2.89. The zero-order valence-corrected chi connectivity index (χ0v) is 21.2. The lowest BCUT2D eigenvalue weighted by Gasteiger charge is -2.28. The van der Waals surface area contributed by atoms with E-state index in [9.17, 15) is 28.8 Å². The number of nitrogens with zero attached hydrogens (tertiary/aromatic N) is 1.